The molecule has 112 valence electrons. The lowest BCUT2D eigenvalue weighted by molar-refractivity contribution is -0.142. The van der Waals surface area contributed by atoms with E-state index in [-0.39, 0.29) is 35.1 Å². The molecule has 0 aromatic carbocycles. The summed E-state index contributed by atoms with van der Waals surface area (Å²) in [5.74, 6) is 0.216. The molecule has 0 aromatic heterocycles. The monoisotopic (exact) mass is 280 g/mol. The molecule has 1 aliphatic carbocycles. The smallest absolute Gasteiger partial charge is 0.162 e. The minimum atomic E-state index is -0.382. The van der Waals surface area contributed by atoms with Gasteiger partial charge in [0.2, 0.25) is 0 Å². The molecule has 0 N–H and O–H groups in total. The fraction of sp³-hybridized carbons (Fsp3) is 0.812. The van der Waals surface area contributed by atoms with Gasteiger partial charge in [0.25, 0.3) is 0 Å². The number of carbonyl (C=O) groups is 1. The molecule has 0 aromatic rings. The van der Waals surface area contributed by atoms with Crippen molar-refractivity contribution in [1.82, 2.24) is 0 Å². The quantitative estimate of drug-likeness (QED) is 0.585. The first-order chi connectivity index (χ1) is 9.43. The predicted octanol–water partition coefficient (Wildman–Crippen LogP) is 2.26. The van der Waals surface area contributed by atoms with Gasteiger partial charge in [0.05, 0.1) is 18.6 Å². The van der Waals surface area contributed by atoms with Crippen LogP contribution in [0, 0.1) is 5.92 Å². The summed E-state index contributed by atoms with van der Waals surface area (Å²) in [7, 11) is 1.62. The summed E-state index contributed by atoms with van der Waals surface area (Å²) in [5, 5.41) is 0. The van der Waals surface area contributed by atoms with Gasteiger partial charge in [0.15, 0.2) is 5.78 Å². The fourth-order valence-electron chi connectivity index (χ4n) is 3.77. The fourth-order valence-corrected chi connectivity index (χ4v) is 3.77. The van der Waals surface area contributed by atoms with Crippen molar-refractivity contribution in [3.05, 3.63) is 11.6 Å². The standard InChI is InChI=1S/C16H24O4/c1-10(2)5-6-12-15(3,20-12)14-13(18-4)11(17)7-8-16(14)9-19-16/h5,12-14H,6-9H2,1-4H3/t12?,13?,14?,15?,16-/m0/s1. The van der Waals surface area contributed by atoms with Crippen LogP contribution in [-0.2, 0) is 19.0 Å². The van der Waals surface area contributed by atoms with Crippen LogP contribution in [0.25, 0.3) is 0 Å². The van der Waals surface area contributed by atoms with Crippen LogP contribution in [0.2, 0.25) is 0 Å². The van der Waals surface area contributed by atoms with Crippen molar-refractivity contribution in [2.75, 3.05) is 13.7 Å². The Hall–Kier alpha value is -0.710. The highest BCUT2D eigenvalue weighted by molar-refractivity contribution is 5.85. The van der Waals surface area contributed by atoms with Gasteiger partial charge < -0.3 is 14.2 Å². The SMILES string of the molecule is COC1C(=O)CC[C@]2(CO2)C1C1(C)OC1CC=C(C)C. The van der Waals surface area contributed by atoms with Crippen LogP contribution >= 0.6 is 0 Å². The van der Waals surface area contributed by atoms with Crippen LogP contribution in [0.15, 0.2) is 11.6 Å². The number of rotatable bonds is 4. The third-order valence-electron chi connectivity index (χ3n) is 5.09. The highest BCUT2D eigenvalue weighted by Gasteiger charge is 2.71. The molecule has 2 aliphatic heterocycles. The van der Waals surface area contributed by atoms with Crippen molar-refractivity contribution < 1.29 is 19.0 Å². The Morgan fingerprint density at radius 2 is 2.20 bits per heavy atom. The molecule has 1 saturated carbocycles. The van der Waals surface area contributed by atoms with Crippen LogP contribution in [-0.4, -0.2) is 42.9 Å². The molecule has 3 fully saturated rings. The molecular formula is C16H24O4. The average Bonchev–Trinajstić information content (AvgIpc) is 3.29. The van der Waals surface area contributed by atoms with Crippen molar-refractivity contribution >= 4 is 5.78 Å². The molecule has 20 heavy (non-hydrogen) atoms. The number of hydrogen-bond acceptors (Lipinski definition) is 4. The van der Waals surface area contributed by atoms with Crippen LogP contribution in [0.3, 0.4) is 0 Å². The lowest BCUT2D eigenvalue weighted by Gasteiger charge is -2.37. The summed E-state index contributed by atoms with van der Waals surface area (Å²) in [6, 6.07) is 0. The van der Waals surface area contributed by atoms with Gasteiger partial charge in [0.1, 0.15) is 17.3 Å². The van der Waals surface area contributed by atoms with E-state index in [0.717, 1.165) is 19.4 Å². The molecule has 2 heterocycles. The summed E-state index contributed by atoms with van der Waals surface area (Å²) in [6.07, 6.45) is 4.26. The zero-order chi connectivity index (χ0) is 14.5. The number of ketones is 1. The summed E-state index contributed by atoms with van der Waals surface area (Å²) in [4.78, 5) is 12.2. The van der Waals surface area contributed by atoms with Crippen molar-refractivity contribution in [3.63, 3.8) is 0 Å². The van der Waals surface area contributed by atoms with Gasteiger partial charge in [0, 0.05) is 13.5 Å². The maximum absolute atomic E-state index is 12.2. The number of Topliss-reactive ketones (excluding diaryl/α,β-unsaturated/α-hetero) is 1. The molecule has 2 saturated heterocycles. The number of ether oxygens (including phenoxy) is 3. The van der Waals surface area contributed by atoms with Gasteiger partial charge in [-0.05, 0) is 33.6 Å². The second kappa shape index (κ2) is 4.65. The van der Waals surface area contributed by atoms with Crippen molar-refractivity contribution in [2.24, 2.45) is 5.92 Å². The third-order valence-corrected chi connectivity index (χ3v) is 5.09. The van der Waals surface area contributed by atoms with Gasteiger partial charge in [-0.3, -0.25) is 4.79 Å². The number of epoxide rings is 2. The molecule has 3 aliphatic rings. The van der Waals surface area contributed by atoms with Crippen molar-refractivity contribution in [1.29, 1.82) is 0 Å². The number of allylic oxidation sites excluding steroid dienone is 1. The van der Waals surface area contributed by atoms with Crippen molar-refractivity contribution in [2.45, 2.75) is 63.4 Å². The summed E-state index contributed by atoms with van der Waals surface area (Å²) >= 11 is 0. The molecule has 0 amide bonds. The minimum Gasteiger partial charge on any atom is -0.373 e. The van der Waals surface area contributed by atoms with Gasteiger partial charge in [-0.15, -0.1) is 0 Å². The molecule has 5 atom stereocenters. The van der Waals surface area contributed by atoms with E-state index in [9.17, 15) is 4.79 Å². The molecular weight excluding hydrogens is 256 g/mol. The molecule has 0 radical (unpaired) electrons. The molecule has 4 heteroatoms. The average molecular weight is 280 g/mol. The van der Waals surface area contributed by atoms with E-state index in [2.05, 4.69) is 26.8 Å². The van der Waals surface area contributed by atoms with E-state index in [1.165, 1.54) is 5.57 Å². The van der Waals surface area contributed by atoms with Crippen LogP contribution < -0.4 is 0 Å². The first-order valence-electron chi connectivity index (χ1n) is 7.43. The van der Waals surface area contributed by atoms with E-state index in [4.69, 9.17) is 14.2 Å². The van der Waals surface area contributed by atoms with Gasteiger partial charge in [-0.25, -0.2) is 0 Å². The molecule has 0 bridgehead atoms. The Kier molecular flexibility index (Phi) is 3.31. The van der Waals surface area contributed by atoms with Crippen LogP contribution in [0.5, 0.6) is 0 Å². The Labute approximate surface area is 120 Å². The Morgan fingerprint density at radius 1 is 1.50 bits per heavy atom. The lowest BCUT2D eigenvalue weighted by atomic mass is 9.69. The molecule has 1 spiro atoms. The second-order valence-corrected chi connectivity index (χ2v) is 6.76. The highest BCUT2D eigenvalue weighted by Crippen LogP contribution is 2.58. The minimum absolute atomic E-state index is 0.0248. The summed E-state index contributed by atoms with van der Waals surface area (Å²) < 4.78 is 17.2. The molecule has 3 rings (SSSR count). The number of carbonyl (C=O) groups excluding carboxylic acids is 1. The Balaban J connectivity index is 1.80. The Morgan fingerprint density at radius 3 is 2.75 bits per heavy atom. The predicted molar refractivity (Wildman–Crippen MR) is 74.5 cm³/mol. The lowest BCUT2D eigenvalue weighted by Crippen LogP contribution is -2.52. The maximum atomic E-state index is 12.2. The van der Waals surface area contributed by atoms with E-state index in [0.29, 0.717) is 6.42 Å². The van der Waals surface area contributed by atoms with E-state index in [1.807, 2.05) is 0 Å². The van der Waals surface area contributed by atoms with Gasteiger partial charge in [-0.1, -0.05) is 11.6 Å². The van der Waals surface area contributed by atoms with E-state index >= 15 is 0 Å². The summed E-state index contributed by atoms with van der Waals surface area (Å²) in [6.45, 7) is 7.02. The number of methoxy groups -OCH3 is 1. The van der Waals surface area contributed by atoms with Gasteiger partial charge in [-0.2, -0.15) is 0 Å². The number of hydrogen-bond donors (Lipinski definition) is 0. The second-order valence-electron chi connectivity index (χ2n) is 6.76. The Bertz CT molecular complexity index is 447. The van der Waals surface area contributed by atoms with Crippen LogP contribution in [0.4, 0.5) is 0 Å². The van der Waals surface area contributed by atoms with Gasteiger partial charge >= 0.3 is 0 Å². The maximum Gasteiger partial charge on any atom is 0.162 e. The summed E-state index contributed by atoms with van der Waals surface area (Å²) in [5.41, 5.74) is 0.825. The first-order valence-corrected chi connectivity index (χ1v) is 7.43. The highest BCUT2D eigenvalue weighted by atomic mass is 16.6. The van der Waals surface area contributed by atoms with Crippen molar-refractivity contribution in [3.8, 4) is 0 Å². The van der Waals surface area contributed by atoms with E-state index < -0.39 is 0 Å². The first kappa shape index (κ1) is 14.2. The van der Waals surface area contributed by atoms with Crippen LogP contribution in [0.1, 0.15) is 40.0 Å². The molecule has 4 nitrogen and oxygen atoms in total. The zero-order valence-corrected chi connectivity index (χ0v) is 12.8. The topological polar surface area (TPSA) is 51.4 Å². The normalized spacial score (nSPS) is 46.4. The third kappa shape index (κ3) is 2.14. The largest absolute Gasteiger partial charge is 0.373 e. The zero-order valence-electron chi connectivity index (χ0n) is 12.8. The van der Waals surface area contributed by atoms with E-state index in [1.54, 1.807) is 7.11 Å². The molecule has 4 unspecified atom stereocenters.